The van der Waals surface area contributed by atoms with Gasteiger partial charge in [-0.1, -0.05) is 36.4 Å². The van der Waals surface area contributed by atoms with Crippen LogP contribution in [0.1, 0.15) is 18.4 Å². The molecule has 0 spiro atoms. The minimum absolute atomic E-state index is 0.0165. The van der Waals surface area contributed by atoms with E-state index >= 15 is 0 Å². The number of carbonyl (C=O) groups excluding carboxylic acids is 1. The van der Waals surface area contributed by atoms with E-state index in [1.54, 1.807) is 6.08 Å². The quantitative estimate of drug-likeness (QED) is 0.665. The zero-order valence-electron chi connectivity index (χ0n) is 7.74. The molecule has 1 aromatic rings. The van der Waals surface area contributed by atoms with E-state index in [2.05, 4.69) is 0 Å². The van der Waals surface area contributed by atoms with Crippen molar-refractivity contribution in [2.75, 3.05) is 0 Å². The molecule has 1 nitrogen and oxygen atoms in total. The molecule has 14 heavy (non-hydrogen) atoms. The molecule has 2 rings (SSSR count). The zero-order valence-corrected chi connectivity index (χ0v) is 7.74. The molecular weight excluding hydrogens is 179 g/mol. The fraction of sp³-hybridized carbons (Fsp3) is 0.250. The number of alkyl halides is 1. The van der Waals surface area contributed by atoms with Crippen molar-refractivity contribution < 1.29 is 9.18 Å². The second-order valence-corrected chi connectivity index (χ2v) is 3.44. The number of Topliss-reactive ketones (excluding diaryl/α,β-unsaturated/α-hetero) is 1. The highest BCUT2D eigenvalue weighted by Crippen LogP contribution is 2.27. The number of rotatable bonds is 1. The minimum Gasteiger partial charge on any atom is -0.299 e. The maximum atomic E-state index is 13.5. The van der Waals surface area contributed by atoms with E-state index in [1.807, 2.05) is 30.3 Å². The summed E-state index contributed by atoms with van der Waals surface area (Å²) in [5, 5.41) is 0. The Morgan fingerprint density at radius 2 is 1.93 bits per heavy atom. The number of carbonyl (C=O) groups is 1. The van der Waals surface area contributed by atoms with Crippen molar-refractivity contribution >= 4 is 11.4 Å². The van der Waals surface area contributed by atoms with Gasteiger partial charge in [-0.3, -0.25) is 4.79 Å². The van der Waals surface area contributed by atoms with Gasteiger partial charge in [0.2, 0.25) is 0 Å². The van der Waals surface area contributed by atoms with Crippen LogP contribution in [0.4, 0.5) is 4.39 Å². The third-order valence-electron chi connectivity index (χ3n) is 2.40. The summed E-state index contributed by atoms with van der Waals surface area (Å²) in [7, 11) is 0. The molecule has 0 saturated carbocycles. The van der Waals surface area contributed by atoms with E-state index < -0.39 is 6.17 Å². The topological polar surface area (TPSA) is 17.1 Å². The van der Waals surface area contributed by atoms with Gasteiger partial charge in [0.05, 0.1) is 0 Å². The third-order valence-corrected chi connectivity index (χ3v) is 2.40. The largest absolute Gasteiger partial charge is 0.299 e. The summed E-state index contributed by atoms with van der Waals surface area (Å²) in [5.41, 5.74) is 1.54. The molecule has 0 N–H and O–H groups in total. The molecule has 0 aliphatic heterocycles. The molecule has 1 aliphatic carbocycles. The molecule has 0 aromatic heterocycles. The van der Waals surface area contributed by atoms with Crippen molar-refractivity contribution in [3.05, 3.63) is 42.0 Å². The lowest BCUT2D eigenvalue weighted by Gasteiger charge is -2.16. The average Bonchev–Trinajstić information content (AvgIpc) is 2.19. The van der Waals surface area contributed by atoms with Crippen molar-refractivity contribution in [3.8, 4) is 0 Å². The van der Waals surface area contributed by atoms with Gasteiger partial charge in [-0.2, -0.15) is 0 Å². The Morgan fingerprint density at radius 1 is 1.21 bits per heavy atom. The van der Waals surface area contributed by atoms with Crippen LogP contribution in [0, 0.1) is 0 Å². The predicted octanol–water partition coefficient (Wildman–Crippen LogP) is 2.77. The molecule has 1 aromatic carbocycles. The molecule has 2 heteroatoms. The second-order valence-electron chi connectivity index (χ2n) is 3.44. The van der Waals surface area contributed by atoms with Gasteiger partial charge in [0.15, 0.2) is 0 Å². The normalized spacial score (nSPS) is 21.9. The number of benzene rings is 1. The van der Waals surface area contributed by atoms with Crippen molar-refractivity contribution in [1.82, 2.24) is 0 Å². The maximum Gasteiger partial charge on any atom is 0.139 e. The maximum absolute atomic E-state index is 13.5. The van der Waals surface area contributed by atoms with Crippen LogP contribution >= 0.6 is 0 Å². The van der Waals surface area contributed by atoms with Gasteiger partial charge in [-0.15, -0.1) is 0 Å². The molecule has 0 bridgehead atoms. The minimum atomic E-state index is -1.13. The number of allylic oxidation sites excluding steroid dienone is 2. The summed E-state index contributed by atoms with van der Waals surface area (Å²) in [6, 6.07) is 9.38. The summed E-state index contributed by atoms with van der Waals surface area (Å²) < 4.78 is 13.5. The zero-order chi connectivity index (χ0) is 9.97. The number of ketones is 1. The van der Waals surface area contributed by atoms with Gasteiger partial charge >= 0.3 is 0 Å². The molecular formula is C12H11FO. The predicted molar refractivity (Wildman–Crippen MR) is 53.6 cm³/mol. The number of hydrogen-bond donors (Lipinski definition) is 0. The summed E-state index contributed by atoms with van der Waals surface area (Å²) in [4.78, 5) is 11.0. The summed E-state index contributed by atoms with van der Waals surface area (Å²) in [6.07, 6.45) is 0.968. The lowest BCUT2D eigenvalue weighted by molar-refractivity contribution is -0.119. The van der Waals surface area contributed by atoms with Crippen LogP contribution in [0.5, 0.6) is 0 Å². The van der Waals surface area contributed by atoms with E-state index in [9.17, 15) is 9.18 Å². The molecule has 1 unspecified atom stereocenters. The van der Waals surface area contributed by atoms with Crippen molar-refractivity contribution in [3.63, 3.8) is 0 Å². The van der Waals surface area contributed by atoms with Crippen LogP contribution in [0.15, 0.2) is 36.4 Å². The lowest BCUT2D eigenvalue weighted by Crippen LogP contribution is -2.15. The highest BCUT2D eigenvalue weighted by atomic mass is 19.1. The Hall–Kier alpha value is -1.44. The van der Waals surface area contributed by atoms with E-state index in [-0.39, 0.29) is 12.2 Å². The van der Waals surface area contributed by atoms with Gasteiger partial charge in [-0.05, 0) is 11.1 Å². The smallest absolute Gasteiger partial charge is 0.139 e. The summed E-state index contributed by atoms with van der Waals surface area (Å²) in [6.45, 7) is 0. The third kappa shape index (κ3) is 1.74. The van der Waals surface area contributed by atoms with E-state index in [0.717, 1.165) is 5.56 Å². The molecule has 0 amide bonds. The Morgan fingerprint density at radius 3 is 2.57 bits per heavy atom. The average molecular weight is 190 g/mol. The Labute approximate surface area is 82.3 Å². The van der Waals surface area contributed by atoms with Crippen LogP contribution in [0.3, 0.4) is 0 Å². The lowest BCUT2D eigenvalue weighted by atomic mass is 9.91. The standard InChI is InChI=1S/C12H11FO/c13-12-8-10(14)6-7-11(12)9-4-2-1-3-5-9/h1-5,7,12H,6,8H2. The van der Waals surface area contributed by atoms with Gasteiger partial charge in [-0.25, -0.2) is 4.39 Å². The Bertz CT molecular complexity index is 367. The Kier molecular flexibility index (Phi) is 2.44. The second kappa shape index (κ2) is 3.74. The molecule has 72 valence electrons. The van der Waals surface area contributed by atoms with Gasteiger partial charge in [0.1, 0.15) is 12.0 Å². The number of hydrogen-bond acceptors (Lipinski definition) is 1. The monoisotopic (exact) mass is 190 g/mol. The van der Waals surface area contributed by atoms with Crippen LogP contribution in [0.25, 0.3) is 5.57 Å². The van der Waals surface area contributed by atoms with Crippen LogP contribution < -0.4 is 0 Å². The van der Waals surface area contributed by atoms with Crippen LogP contribution in [-0.2, 0) is 4.79 Å². The van der Waals surface area contributed by atoms with Gasteiger partial charge in [0.25, 0.3) is 0 Å². The summed E-state index contributed by atoms with van der Waals surface area (Å²) >= 11 is 0. The van der Waals surface area contributed by atoms with Crippen molar-refractivity contribution in [2.45, 2.75) is 19.0 Å². The molecule has 0 heterocycles. The molecule has 0 fully saturated rings. The first kappa shape index (κ1) is 9.13. The molecule has 1 atom stereocenters. The highest BCUT2D eigenvalue weighted by molar-refractivity contribution is 5.88. The molecule has 0 saturated heterocycles. The first-order valence-electron chi connectivity index (χ1n) is 4.68. The molecule has 1 aliphatic rings. The van der Waals surface area contributed by atoms with E-state index in [0.29, 0.717) is 12.0 Å². The first-order chi connectivity index (χ1) is 6.77. The van der Waals surface area contributed by atoms with Gasteiger partial charge < -0.3 is 0 Å². The van der Waals surface area contributed by atoms with Crippen LogP contribution in [0.2, 0.25) is 0 Å². The fourth-order valence-electron chi connectivity index (χ4n) is 1.67. The molecule has 0 radical (unpaired) electrons. The Balaban J connectivity index is 2.31. The SMILES string of the molecule is O=C1CC=C(c2ccccc2)C(F)C1. The highest BCUT2D eigenvalue weighted by Gasteiger charge is 2.22. The fourth-order valence-corrected chi connectivity index (χ4v) is 1.67. The van der Waals surface area contributed by atoms with E-state index in [4.69, 9.17) is 0 Å². The van der Waals surface area contributed by atoms with Crippen LogP contribution in [-0.4, -0.2) is 12.0 Å². The number of halogens is 1. The van der Waals surface area contributed by atoms with Crippen molar-refractivity contribution in [1.29, 1.82) is 0 Å². The van der Waals surface area contributed by atoms with E-state index in [1.165, 1.54) is 0 Å². The summed E-state index contributed by atoms with van der Waals surface area (Å²) in [5.74, 6) is -0.0165. The first-order valence-corrected chi connectivity index (χ1v) is 4.68. The van der Waals surface area contributed by atoms with Crippen molar-refractivity contribution in [2.24, 2.45) is 0 Å². The van der Waals surface area contributed by atoms with Gasteiger partial charge in [0, 0.05) is 12.8 Å².